The largest absolute Gasteiger partial charge is 0.511 e. The van der Waals surface area contributed by atoms with Crippen LogP contribution in [0, 0.1) is 11.3 Å². The third-order valence-electron chi connectivity index (χ3n) is 1.74. The fourth-order valence-corrected chi connectivity index (χ4v) is 1.11. The molecule has 14 heavy (non-hydrogen) atoms. The van der Waals surface area contributed by atoms with Crippen molar-refractivity contribution in [1.82, 2.24) is 0 Å². The molecule has 0 atom stereocenters. The van der Waals surface area contributed by atoms with Gasteiger partial charge in [0.2, 0.25) is 0 Å². The van der Waals surface area contributed by atoms with E-state index in [2.05, 4.69) is 4.74 Å². The molecule has 0 amide bonds. The third-order valence-corrected chi connectivity index (χ3v) is 1.74. The number of hydrogen-bond acceptors (Lipinski definition) is 2. The van der Waals surface area contributed by atoms with E-state index in [0.717, 1.165) is 6.07 Å². The van der Waals surface area contributed by atoms with Gasteiger partial charge in [-0.25, -0.2) is 0 Å². The molecular weight excluding hydrogens is 194 g/mol. The van der Waals surface area contributed by atoms with Crippen molar-refractivity contribution in [1.29, 1.82) is 5.26 Å². The second kappa shape index (κ2) is 3.62. The van der Waals surface area contributed by atoms with Gasteiger partial charge in [0.05, 0.1) is 18.7 Å². The summed E-state index contributed by atoms with van der Waals surface area (Å²) < 4.78 is 41.9. The van der Waals surface area contributed by atoms with Crippen LogP contribution < -0.4 is 10.2 Å². The molecule has 0 aliphatic heterocycles. The molecule has 6 heteroatoms. The molecule has 0 spiro atoms. The van der Waals surface area contributed by atoms with Gasteiger partial charge in [0.1, 0.15) is 5.75 Å². The molecule has 0 N–H and O–H groups in total. The second-order valence-electron chi connectivity index (χ2n) is 2.61. The molecule has 0 aliphatic carbocycles. The predicted octanol–water partition coefficient (Wildman–Crippen LogP) is 1.62. The number of nitriles is 1. The topological polar surface area (TPSA) is 33.0 Å². The molecule has 0 unspecified atom stereocenters. The summed E-state index contributed by atoms with van der Waals surface area (Å²) in [5.41, 5.74) is -1.37. The Labute approximate surface area is 79.0 Å². The van der Waals surface area contributed by atoms with E-state index in [-0.39, 0.29) is 5.75 Å². The Morgan fingerprint density at radius 3 is 2.43 bits per heavy atom. The molecule has 0 heterocycles. The Morgan fingerprint density at radius 1 is 1.36 bits per heavy atom. The first kappa shape index (κ1) is 10.4. The van der Waals surface area contributed by atoms with Crippen molar-refractivity contribution in [2.45, 2.75) is 0 Å². The average Bonchev–Trinajstić information content (AvgIpc) is 2.15. The minimum Gasteiger partial charge on any atom is -0.495 e. The molecule has 0 aliphatic rings. The van der Waals surface area contributed by atoms with Gasteiger partial charge in [-0.2, -0.15) is 5.26 Å². The lowest BCUT2D eigenvalue weighted by Gasteiger charge is -2.17. The quantitative estimate of drug-likeness (QED) is 0.679. The zero-order chi connectivity index (χ0) is 10.8. The molecule has 1 aromatic rings. The van der Waals surface area contributed by atoms with Crippen LogP contribution in [0.3, 0.4) is 0 Å². The maximum absolute atomic E-state index is 12.4. The minimum absolute atomic E-state index is 0.0517. The van der Waals surface area contributed by atoms with Crippen LogP contribution in [0.25, 0.3) is 0 Å². The Morgan fingerprint density at radius 2 is 2.00 bits per heavy atom. The third kappa shape index (κ3) is 1.82. The number of hydrogen-bond donors (Lipinski definition) is 0. The normalized spacial score (nSPS) is 10.8. The molecular formula is C8H6BF3NO-. The van der Waals surface area contributed by atoms with Crippen molar-refractivity contribution < 1.29 is 17.7 Å². The molecule has 0 saturated heterocycles. The summed E-state index contributed by atoms with van der Waals surface area (Å²) in [6.07, 6.45) is 0. The van der Waals surface area contributed by atoms with E-state index in [1.165, 1.54) is 25.3 Å². The highest BCUT2D eigenvalue weighted by molar-refractivity contribution is 6.74. The molecule has 1 aromatic carbocycles. The highest BCUT2D eigenvalue weighted by Gasteiger charge is 2.29. The number of ether oxygens (including phenoxy) is 1. The van der Waals surface area contributed by atoms with Gasteiger partial charge < -0.3 is 17.7 Å². The van der Waals surface area contributed by atoms with Gasteiger partial charge in [0, 0.05) is 0 Å². The number of nitrogens with zero attached hydrogens (tertiary/aromatic N) is 1. The molecule has 0 saturated carbocycles. The number of methoxy groups -OCH3 is 1. The molecule has 2 nitrogen and oxygen atoms in total. The lowest BCUT2D eigenvalue weighted by molar-refractivity contribution is 0.413. The summed E-state index contributed by atoms with van der Waals surface area (Å²) >= 11 is 0. The smallest absolute Gasteiger partial charge is 0.495 e. The fraction of sp³-hybridized carbons (Fsp3) is 0.125. The number of benzene rings is 1. The van der Waals surface area contributed by atoms with Crippen LogP contribution >= 0.6 is 0 Å². The first-order valence-corrected chi connectivity index (χ1v) is 3.77. The van der Waals surface area contributed by atoms with Gasteiger partial charge in [-0.15, -0.1) is 0 Å². The van der Waals surface area contributed by atoms with Crippen LogP contribution in [-0.2, 0) is 0 Å². The van der Waals surface area contributed by atoms with E-state index in [1.807, 2.05) is 0 Å². The van der Waals surface area contributed by atoms with E-state index in [1.54, 1.807) is 0 Å². The summed E-state index contributed by atoms with van der Waals surface area (Å²) in [6.45, 7) is -5.17. The van der Waals surface area contributed by atoms with Crippen molar-refractivity contribution in [3.8, 4) is 11.8 Å². The maximum Gasteiger partial charge on any atom is 0.511 e. The van der Waals surface area contributed by atoms with Gasteiger partial charge >= 0.3 is 6.98 Å². The van der Waals surface area contributed by atoms with Gasteiger partial charge in [-0.05, 0) is 6.07 Å². The standard InChI is InChI=1S/C8H6BF3NO/c1-14-8-4-2-3-7(6(8)5-13)9(10,11)12/h2-4H,1H3/q-1. The number of halogens is 3. The van der Waals surface area contributed by atoms with Crippen molar-refractivity contribution in [3.63, 3.8) is 0 Å². The van der Waals surface area contributed by atoms with Crippen LogP contribution in [-0.4, -0.2) is 14.1 Å². The van der Waals surface area contributed by atoms with Crippen LogP contribution in [0.4, 0.5) is 12.9 Å². The lowest BCUT2D eigenvalue weighted by Crippen LogP contribution is -2.36. The first-order valence-electron chi connectivity index (χ1n) is 3.77. The molecule has 0 aromatic heterocycles. The van der Waals surface area contributed by atoms with Gasteiger partial charge in [0.25, 0.3) is 0 Å². The van der Waals surface area contributed by atoms with Crippen LogP contribution in [0.2, 0.25) is 0 Å². The van der Waals surface area contributed by atoms with Gasteiger partial charge in [-0.3, -0.25) is 0 Å². The van der Waals surface area contributed by atoms with E-state index < -0.39 is 18.0 Å². The van der Waals surface area contributed by atoms with Gasteiger partial charge in [-0.1, -0.05) is 17.6 Å². The summed E-state index contributed by atoms with van der Waals surface area (Å²) in [5.74, 6) is -0.0517. The van der Waals surface area contributed by atoms with E-state index in [0.29, 0.717) is 0 Å². The molecule has 1 rings (SSSR count). The highest BCUT2D eigenvalue weighted by atomic mass is 19.4. The Bertz CT molecular complexity index is 383. The molecule has 0 fully saturated rings. The highest BCUT2D eigenvalue weighted by Crippen LogP contribution is 2.19. The zero-order valence-corrected chi connectivity index (χ0v) is 7.30. The minimum atomic E-state index is -5.17. The van der Waals surface area contributed by atoms with Crippen molar-refractivity contribution in [2.75, 3.05) is 7.11 Å². The van der Waals surface area contributed by atoms with Crippen molar-refractivity contribution >= 4 is 12.4 Å². The Balaban J connectivity index is 3.39. The second-order valence-corrected chi connectivity index (χ2v) is 2.61. The monoisotopic (exact) mass is 200 g/mol. The summed E-state index contributed by atoms with van der Waals surface area (Å²) in [5, 5.41) is 8.57. The summed E-state index contributed by atoms with van der Waals surface area (Å²) in [7, 11) is 1.23. The zero-order valence-electron chi connectivity index (χ0n) is 7.30. The van der Waals surface area contributed by atoms with E-state index >= 15 is 0 Å². The first-order chi connectivity index (χ1) is 6.50. The predicted molar refractivity (Wildman–Crippen MR) is 46.4 cm³/mol. The van der Waals surface area contributed by atoms with Crippen molar-refractivity contribution in [3.05, 3.63) is 23.8 Å². The van der Waals surface area contributed by atoms with Crippen LogP contribution in [0.15, 0.2) is 18.2 Å². The fourth-order valence-electron chi connectivity index (χ4n) is 1.11. The molecule has 0 bridgehead atoms. The molecule has 74 valence electrons. The number of rotatable bonds is 2. The Hall–Kier alpha value is -1.64. The maximum atomic E-state index is 12.4. The van der Waals surface area contributed by atoms with Crippen LogP contribution in [0.1, 0.15) is 5.56 Å². The SMILES string of the molecule is COc1cccc([B-](F)(F)F)c1C#N. The van der Waals surface area contributed by atoms with Crippen LogP contribution in [0.5, 0.6) is 5.75 Å². The lowest BCUT2D eigenvalue weighted by atomic mass is 9.77. The molecule has 0 radical (unpaired) electrons. The summed E-state index contributed by atoms with van der Waals surface area (Å²) in [4.78, 5) is 0. The van der Waals surface area contributed by atoms with E-state index in [9.17, 15) is 12.9 Å². The van der Waals surface area contributed by atoms with Gasteiger partial charge in [0.15, 0.2) is 0 Å². The average molecular weight is 200 g/mol. The van der Waals surface area contributed by atoms with E-state index in [4.69, 9.17) is 5.26 Å². The summed E-state index contributed by atoms with van der Waals surface area (Å²) in [6, 6.07) is 4.90. The van der Waals surface area contributed by atoms with Crippen molar-refractivity contribution in [2.24, 2.45) is 0 Å². The Kier molecular flexibility index (Phi) is 2.70.